The predicted octanol–water partition coefficient (Wildman–Crippen LogP) is 1.80. The van der Waals surface area contributed by atoms with E-state index in [9.17, 15) is 4.79 Å². The van der Waals surface area contributed by atoms with E-state index in [0.29, 0.717) is 18.9 Å². The Balaban J connectivity index is 2.33. The quantitative estimate of drug-likeness (QED) is 0.804. The Morgan fingerprint density at radius 3 is 2.87 bits per heavy atom. The van der Waals surface area contributed by atoms with Crippen molar-refractivity contribution in [1.82, 2.24) is 14.9 Å². The summed E-state index contributed by atoms with van der Waals surface area (Å²) in [7, 11) is 1.81. The maximum atomic E-state index is 11.7. The number of carbonyl (C=O) groups excluding carboxylic acids is 1. The molecule has 0 unspecified atom stereocenters. The monoisotopic (exact) mass is 209 g/mol. The van der Waals surface area contributed by atoms with E-state index in [4.69, 9.17) is 0 Å². The minimum absolute atomic E-state index is 0.181. The second-order valence-electron chi connectivity index (χ2n) is 4.22. The third-order valence-corrected chi connectivity index (χ3v) is 2.30. The smallest absolute Gasteiger partial charge is 0.222 e. The third-order valence-electron chi connectivity index (χ3n) is 2.30. The molecule has 1 aromatic heterocycles. The van der Waals surface area contributed by atoms with Crippen LogP contribution in [0.25, 0.3) is 0 Å². The van der Waals surface area contributed by atoms with Gasteiger partial charge >= 0.3 is 0 Å². The molecule has 0 bridgehead atoms. The molecule has 0 atom stereocenters. The van der Waals surface area contributed by atoms with Crippen molar-refractivity contribution in [2.75, 3.05) is 7.05 Å². The van der Waals surface area contributed by atoms with Crippen LogP contribution in [0.4, 0.5) is 0 Å². The number of aromatic amines is 1. The van der Waals surface area contributed by atoms with Crippen molar-refractivity contribution < 1.29 is 4.79 Å². The topological polar surface area (TPSA) is 49.0 Å². The van der Waals surface area contributed by atoms with Crippen LogP contribution in [-0.4, -0.2) is 27.8 Å². The van der Waals surface area contributed by atoms with E-state index in [2.05, 4.69) is 23.8 Å². The van der Waals surface area contributed by atoms with Crippen molar-refractivity contribution in [3.8, 4) is 0 Å². The predicted molar refractivity (Wildman–Crippen MR) is 59.1 cm³/mol. The number of hydrogen-bond acceptors (Lipinski definition) is 2. The lowest BCUT2D eigenvalue weighted by atomic mass is 10.1. The highest BCUT2D eigenvalue weighted by Gasteiger charge is 2.10. The fourth-order valence-electron chi connectivity index (χ4n) is 1.30. The molecule has 0 fully saturated rings. The van der Waals surface area contributed by atoms with Gasteiger partial charge in [-0.1, -0.05) is 13.8 Å². The molecule has 0 aliphatic carbocycles. The molecule has 1 N–H and O–H groups in total. The van der Waals surface area contributed by atoms with Gasteiger partial charge in [-0.3, -0.25) is 4.79 Å². The third kappa shape index (κ3) is 4.14. The van der Waals surface area contributed by atoms with Crippen molar-refractivity contribution in [2.45, 2.75) is 33.2 Å². The molecule has 0 aromatic carbocycles. The van der Waals surface area contributed by atoms with E-state index in [-0.39, 0.29) is 5.91 Å². The number of rotatable bonds is 5. The number of amides is 1. The van der Waals surface area contributed by atoms with Gasteiger partial charge in [0.1, 0.15) is 5.82 Å². The highest BCUT2D eigenvalue weighted by molar-refractivity contribution is 5.75. The minimum Gasteiger partial charge on any atom is -0.347 e. The zero-order valence-corrected chi connectivity index (χ0v) is 9.66. The van der Waals surface area contributed by atoms with Gasteiger partial charge < -0.3 is 9.88 Å². The van der Waals surface area contributed by atoms with Gasteiger partial charge in [-0.25, -0.2) is 4.98 Å². The molecule has 4 heteroatoms. The second-order valence-corrected chi connectivity index (χ2v) is 4.22. The first-order chi connectivity index (χ1) is 7.09. The van der Waals surface area contributed by atoms with Crippen molar-refractivity contribution in [2.24, 2.45) is 5.92 Å². The highest BCUT2D eigenvalue weighted by Crippen LogP contribution is 2.06. The molecule has 0 radical (unpaired) electrons. The molecular formula is C11H19N3O. The SMILES string of the molecule is CC(C)CCC(=O)N(C)Cc1ncc[nH]1. The number of H-pyrrole nitrogens is 1. The number of nitrogens with zero attached hydrogens (tertiary/aromatic N) is 2. The maximum absolute atomic E-state index is 11.7. The summed E-state index contributed by atoms with van der Waals surface area (Å²) in [6.45, 7) is 4.81. The van der Waals surface area contributed by atoms with Crippen molar-refractivity contribution in [1.29, 1.82) is 0 Å². The molecule has 1 rings (SSSR count). The summed E-state index contributed by atoms with van der Waals surface area (Å²) >= 11 is 0. The van der Waals surface area contributed by atoms with Crippen LogP contribution in [0.5, 0.6) is 0 Å². The minimum atomic E-state index is 0.181. The molecular weight excluding hydrogens is 190 g/mol. The summed E-state index contributed by atoms with van der Waals surface area (Å²) < 4.78 is 0. The normalized spacial score (nSPS) is 10.7. The summed E-state index contributed by atoms with van der Waals surface area (Å²) in [5.41, 5.74) is 0. The van der Waals surface area contributed by atoms with Gasteiger partial charge in [0.2, 0.25) is 5.91 Å². The van der Waals surface area contributed by atoms with E-state index in [1.165, 1.54) is 0 Å². The molecule has 0 saturated heterocycles. The van der Waals surface area contributed by atoms with Crippen LogP contribution in [0.1, 0.15) is 32.5 Å². The van der Waals surface area contributed by atoms with Crippen LogP contribution < -0.4 is 0 Å². The number of nitrogens with one attached hydrogen (secondary N) is 1. The Labute approximate surface area is 90.7 Å². The van der Waals surface area contributed by atoms with E-state index in [0.717, 1.165) is 12.2 Å². The van der Waals surface area contributed by atoms with Crippen LogP contribution in [-0.2, 0) is 11.3 Å². The van der Waals surface area contributed by atoms with E-state index < -0.39 is 0 Å². The summed E-state index contributed by atoms with van der Waals surface area (Å²) in [6.07, 6.45) is 5.03. The first-order valence-electron chi connectivity index (χ1n) is 5.32. The maximum Gasteiger partial charge on any atom is 0.222 e. The lowest BCUT2D eigenvalue weighted by molar-refractivity contribution is -0.130. The molecule has 0 aliphatic heterocycles. The van der Waals surface area contributed by atoms with E-state index >= 15 is 0 Å². The summed E-state index contributed by atoms with van der Waals surface area (Å²) in [5, 5.41) is 0. The number of hydrogen-bond donors (Lipinski definition) is 1. The van der Waals surface area contributed by atoms with Gasteiger partial charge in [0.25, 0.3) is 0 Å². The first kappa shape index (κ1) is 11.8. The van der Waals surface area contributed by atoms with Crippen LogP contribution >= 0.6 is 0 Å². The van der Waals surface area contributed by atoms with Crippen LogP contribution in [0.2, 0.25) is 0 Å². The molecule has 84 valence electrons. The zero-order chi connectivity index (χ0) is 11.3. The molecule has 15 heavy (non-hydrogen) atoms. The lowest BCUT2D eigenvalue weighted by Gasteiger charge is -2.16. The molecule has 1 amide bonds. The van der Waals surface area contributed by atoms with Crippen LogP contribution in [0.3, 0.4) is 0 Å². The largest absolute Gasteiger partial charge is 0.347 e. The molecule has 0 saturated carbocycles. The van der Waals surface area contributed by atoms with Gasteiger partial charge in [0, 0.05) is 25.9 Å². The lowest BCUT2D eigenvalue weighted by Crippen LogP contribution is -2.26. The Bertz CT molecular complexity index is 293. The Hall–Kier alpha value is -1.32. The van der Waals surface area contributed by atoms with E-state index in [1.54, 1.807) is 17.3 Å². The number of aromatic nitrogens is 2. The fourth-order valence-corrected chi connectivity index (χ4v) is 1.30. The van der Waals surface area contributed by atoms with Gasteiger partial charge in [0.15, 0.2) is 0 Å². The summed E-state index contributed by atoms with van der Waals surface area (Å²) in [6, 6.07) is 0. The summed E-state index contributed by atoms with van der Waals surface area (Å²) in [5.74, 6) is 1.58. The molecule has 1 heterocycles. The van der Waals surface area contributed by atoms with Crippen molar-refractivity contribution in [3.63, 3.8) is 0 Å². The van der Waals surface area contributed by atoms with Crippen LogP contribution in [0.15, 0.2) is 12.4 Å². The average Bonchev–Trinajstić information content (AvgIpc) is 2.66. The summed E-state index contributed by atoms with van der Waals surface area (Å²) in [4.78, 5) is 20.4. The number of imidazole rings is 1. The van der Waals surface area contributed by atoms with Gasteiger partial charge in [-0.05, 0) is 12.3 Å². The van der Waals surface area contributed by atoms with Crippen molar-refractivity contribution in [3.05, 3.63) is 18.2 Å². The van der Waals surface area contributed by atoms with Gasteiger partial charge in [-0.2, -0.15) is 0 Å². The van der Waals surface area contributed by atoms with E-state index in [1.807, 2.05) is 7.05 Å². The van der Waals surface area contributed by atoms with Gasteiger partial charge in [0.05, 0.1) is 6.54 Å². The highest BCUT2D eigenvalue weighted by atomic mass is 16.2. The molecule has 1 aromatic rings. The van der Waals surface area contributed by atoms with Gasteiger partial charge in [-0.15, -0.1) is 0 Å². The first-order valence-corrected chi connectivity index (χ1v) is 5.32. The standard InChI is InChI=1S/C11H19N3O/c1-9(2)4-5-11(15)14(3)8-10-12-6-7-13-10/h6-7,9H,4-5,8H2,1-3H3,(H,12,13). The Morgan fingerprint density at radius 1 is 1.60 bits per heavy atom. The zero-order valence-electron chi connectivity index (χ0n) is 9.66. The van der Waals surface area contributed by atoms with Crippen molar-refractivity contribution >= 4 is 5.91 Å². The van der Waals surface area contributed by atoms with Crippen LogP contribution in [0, 0.1) is 5.92 Å². The number of carbonyl (C=O) groups is 1. The second kappa shape index (κ2) is 5.53. The Kier molecular flexibility index (Phi) is 4.34. The molecule has 0 aliphatic rings. The molecule has 4 nitrogen and oxygen atoms in total. The molecule has 0 spiro atoms. The Morgan fingerprint density at radius 2 is 2.33 bits per heavy atom. The average molecular weight is 209 g/mol. The fraction of sp³-hybridized carbons (Fsp3) is 0.636.